The maximum atomic E-state index is 12.4. The van der Waals surface area contributed by atoms with Gasteiger partial charge in [0.25, 0.3) is 5.91 Å². The van der Waals surface area contributed by atoms with Crippen LogP contribution in [0.1, 0.15) is 38.3 Å². The van der Waals surface area contributed by atoms with Crippen molar-refractivity contribution in [3.8, 4) is 5.75 Å². The van der Waals surface area contributed by atoms with E-state index >= 15 is 0 Å². The van der Waals surface area contributed by atoms with Crippen LogP contribution in [-0.2, 0) is 4.79 Å². The summed E-state index contributed by atoms with van der Waals surface area (Å²) in [6.07, 6.45) is 0.0164. The first kappa shape index (κ1) is 18.7. The minimum atomic E-state index is -0.558. The van der Waals surface area contributed by atoms with Crippen LogP contribution in [-0.4, -0.2) is 27.5 Å². The molecule has 0 aliphatic rings. The lowest BCUT2D eigenvalue weighted by atomic mass is 10.1. The van der Waals surface area contributed by atoms with Crippen LogP contribution in [0, 0.1) is 13.8 Å². The Labute approximate surface area is 151 Å². The van der Waals surface area contributed by atoms with Gasteiger partial charge in [-0.05, 0) is 43.5 Å². The zero-order valence-electron chi connectivity index (χ0n) is 14.6. The number of nitrogens with one attached hydrogen (secondary N) is 1. The third kappa shape index (κ3) is 5.21. The summed E-state index contributed by atoms with van der Waals surface area (Å²) in [5.41, 5.74) is 2.34. The number of hydrogen-bond donors (Lipinski definition) is 1. The standard InChI is InChI=1S/C17H23N3O2S2/c1-6-14(22-13-8-7-11(4)12(5)9-13)15(21)18-16-19-20-17(24-16)23-10(2)3/h7-10,14H,6H2,1-5H3,(H,18,19,21). The molecular weight excluding hydrogens is 342 g/mol. The first-order chi connectivity index (χ1) is 11.4. The van der Waals surface area contributed by atoms with Crippen molar-refractivity contribution in [2.24, 2.45) is 0 Å². The molecule has 0 bridgehead atoms. The molecule has 1 amide bonds. The summed E-state index contributed by atoms with van der Waals surface area (Å²) in [4.78, 5) is 12.4. The van der Waals surface area contributed by atoms with Crippen molar-refractivity contribution in [2.75, 3.05) is 5.32 Å². The fraction of sp³-hybridized carbons (Fsp3) is 0.471. The Balaban J connectivity index is 2.00. The van der Waals surface area contributed by atoms with Crippen molar-refractivity contribution in [2.45, 2.75) is 56.7 Å². The number of thioether (sulfide) groups is 1. The predicted molar refractivity (Wildman–Crippen MR) is 100 cm³/mol. The van der Waals surface area contributed by atoms with Gasteiger partial charge in [-0.25, -0.2) is 0 Å². The molecule has 1 aromatic heterocycles. The van der Waals surface area contributed by atoms with Gasteiger partial charge in [0.1, 0.15) is 5.75 Å². The molecule has 0 spiro atoms. The summed E-state index contributed by atoms with van der Waals surface area (Å²) in [6.45, 7) is 10.2. The monoisotopic (exact) mass is 365 g/mol. The van der Waals surface area contributed by atoms with Crippen LogP contribution >= 0.6 is 23.1 Å². The van der Waals surface area contributed by atoms with E-state index in [-0.39, 0.29) is 5.91 Å². The van der Waals surface area contributed by atoms with Gasteiger partial charge in [0, 0.05) is 5.25 Å². The molecule has 1 unspecified atom stereocenters. The van der Waals surface area contributed by atoms with E-state index in [0.717, 1.165) is 9.90 Å². The highest BCUT2D eigenvalue weighted by Crippen LogP contribution is 2.28. The van der Waals surface area contributed by atoms with E-state index in [0.29, 0.717) is 22.6 Å². The zero-order chi connectivity index (χ0) is 17.7. The van der Waals surface area contributed by atoms with Gasteiger partial charge in [-0.3, -0.25) is 10.1 Å². The normalized spacial score (nSPS) is 12.2. The highest BCUT2D eigenvalue weighted by atomic mass is 32.2. The molecule has 130 valence electrons. The van der Waals surface area contributed by atoms with Gasteiger partial charge in [-0.1, -0.05) is 49.9 Å². The fourth-order valence-corrected chi connectivity index (χ4v) is 3.95. The molecule has 5 nitrogen and oxygen atoms in total. The minimum Gasteiger partial charge on any atom is -0.481 e. The number of carbonyl (C=O) groups is 1. The molecule has 1 aromatic carbocycles. The van der Waals surface area contributed by atoms with Gasteiger partial charge < -0.3 is 4.74 Å². The average molecular weight is 366 g/mol. The SMILES string of the molecule is CCC(Oc1ccc(C)c(C)c1)C(=O)Nc1nnc(SC(C)C)s1. The van der Waals surface area contributed by atoms with Crippen molar-refractivity contribution in [3.63, 3.8) is 0 Å². The highest BCUT2D eigenvalue weighted by molar-refractivity contribution is 8.01. The van der Waals surface area contributed by atoms with Crippen molar-refractivity contribution < 1.29 is 9.53 Å². The van der Waals surface area contributed by atoms with Crippen LogP contribution in [0.15, 0.2) is 22.5 Å². The first-order valence-corrected chi connectivity index (χ1v) is 9.63. The van der Waals surface area contributed by atoms with Crippen LogP contribution in [0.5, 0.6) is 5.75 Å². The quantitative estimate of drug-likeness (QED) is 0.580. The Bertz CT molecular complexity index is 701. The van der Waals surface area contributed by atoms with Crippen molar-refractivity contribution in [1.82, 2.24) is 10.2 Å². The van der Waals surface area contributed by atoms with E-state index in [2.05, 4.69) is 29.4 Å². The van der Waals surface area contributed by atoms with Crippen LogP contribution in [0.2, 0.25) is 0 Å². The summed E-state index contributed by atoms with van der Waals surface area (Å²) >= 11 is 3.01. The van der Waals surface area contributed by atoms with E-state index in [9.17, 15) is 4.79 Å². The number of nitrogens with zero attached hydrogens (tertiary/aromatic N) is 2. The molecule has 1 N–H and O–H groups in total. The summed E-state index contributed by atoms with van der Waals surface area (Å²) in [5, 5.41) is 11.8. The lowest BCUT2D eigenvalue weighted by molar-refractivity contribution is -0.122. The summed E-state index contributed by atoms with van der Waals surface area (Å²) in [5.74, 6) is 0.501. The average Bonchev–Trinajstić information content (AvgIpc) is 2.94. The molecule has 0 saturated heterocycles. The molecule has 0 aliphatic heterocycles. The molecule has 1 atom stereocenters. The Morgan fingerprint density at radius 1 is 1.29 bits per heavy atom. The first-order valence-electron chi connectivity index (χ1n) is 7.94. The van der Waals surface area contributed by atoms with E-state index in [4.69, 9.17) is 4.74 Å². The molecule has 2 rings (SSSR count). The van der Waals surface area contributed by atoms with Crippen LogP contribution in [0.4, 0.5) is 5.13 Å². The molecule has 0 saturated carbocycles. The van der Waals surface area contributed by atoms with Gasteiger partial charge in [-0.15, -0.1) is 10.2 Å². The molecule has 2 aromatic rings. The lowest BCUT2D eigenvalue weighted by Crippen LogP contribution is -2.32. The number of ether oxygens (including phenoxy) is 1. The highest BCUT2D eigenvalue weighted by Gasteiger charge is 2.20. The molecule has 0 radical (unpaired) electrons. The van der Waals surface area contributed by atoms with Gasteiger partial charge >= 0.3 is 0 Å². The third-order valence-corrected chi connectivity index (χ3v) is 5.32. The maximum absolute atomic E-state index is 12.4. The summed E-state index contributed by atoms with van der Waals surface area (Å²) < 4.78 is 6.69. The fourth-order valence-electron chi connectivity index (χ4n) is 1.97. The second-order valence-electron chi connectivity index (χ2n) is 5.79. The van der Waals surface area contributed by atoms with Gasteiger partial charge in [-0.2, -0.15) is 0 Å². The number of amides is 1. The summed E-state index contributed by atoms with van der Waals surface area (Å²) in [7, 11) is 0. The predicted octanol–water partition coefficient (Wildman–Crippen LogP) is 4.45. The Hall–Kier alpha value is -1.60. The minimum absolute atomic E-state index is 0.201. The Morgan fingerprint density at radius 3 is 2.67 bits per heavy atom. The number of rotatable bonds is 7. The Morgan fingerprint density at radius 2 is 2.04 bits per heavy atom. The number of carbonyl (C=O) groups excluding carboxylic acids is 1. The van der Waals surface area contributed by atoms with Crippen LogP contribution in [0.3, 0.4) is 0 Å². The molecule has 0 fully saturated rings. The second kappa shape index (κ2) is 8.48. The summed E-state index contributed by atoms with van der Waals surface area (Å²) in [6, 6.07) is 5.84. The smallest absolute Gasteiger partial charge is 0.267 e. The molecular formula is C17H23N3O2S2. The van der Waals surface area contributed by atoms with E-state index in [1.54, 1.807) is 11.8 Å². The lowest BCUT2D eigenvalue weighted by Gasteiger charge is -2.17. The maximum Gasteiger partial charge on any atom is 0.267 e. The molecule has 0 aliphatic carbocycles. The second-order valence-corrected chi connectivity index (χ2v) is 8.59. The van der Waals surface area contributed by atoms with E-state index < -0.39 is 6.10 Å². The molecule has 24 heavy (non-hydrogen) atoms. The molecule has 1 heterocycles. The van der Waals surface area contributed by atoms with E-state index in [1.165, 1.54) is 16.9 Å². The zero-order valence-corrected chi connectivity index (χ0v) is 16.3. The largest absolute Gasteiger partial charge is 0.481 e. The van der Waals surface area contributed by atoms with E-state index in [1.807, 2.05) is 39.0 Å². The molecule has 7 heteroatoms. The number of aromatic nitrogens is 2. The van der Waals surface area contributed by atoms with Gasteiger partial charge in [0.2, 0.25) is 5.13 Å². The Kier molecular flexibility index (Phi) is 6.62. The number of hydrogen-bond acceptors (Lipinski definition) is 6. The third-order valence-electron chi connectivity index (χ3n) is 3.39. The van der Waals surface area contributed by atoms with Crippen molar-refractivity contribution >= 4 is 34.1 Å². The topological polar surface area (TPSA) is 64.1 Å². The van der Waals surface area contributed by atoms with Crippen molar-refractivity contribution in [1.29, 1.82) is 0 Å². The van der Waals surface area contributed by atoms with Gasteiger partial charge in [0.15, 0.2) is 10.4 Å². The number of anilines is 1. The van der Waals surface area contributed by atoms with Crippen LogP contribution < -0.4 is 10.1 Å². The number of benzene rings is 1. The van der Waals surface area contributed by atoms with Crippen LogP contribution in [0.25, 0.3) is 0 Å². The number of aryl methyl sites for hydroxylation is 2. The van der Waals surface area contributed by atoms with Crippen molar-refractivity contribution in [3.05, 3.63) is 29.3 Å². The van der Waals surface area contributed by atoms with Gasteiger partial charge in [0.05, 0.1) is 0 Å².